The summed E-state index contributed by atoms with van der Waals surface area (Å²) in [5.41, 5.74) is 0.794. The van der Waals surface area contributed by atoms with Crippen LogP contribution in [0.15, 0.2) is 30.6 Å². The van der Waals surface area contributed by atoms with Crippen LogP contribution in [0.5, 0.6) is 5.75 Å². The largest absolute Gasteiger partial charge is 0.493 e. The van der Waals surface area contributed by atoms with E-state index in [2.05, 4.69) is 21.8 Å². The summed E-state index contributed by atoms with van der Waals surface area (Å²) >= 11 is 5.92. The molecule has 39 heavy (non-hydrogen) atoms. The molecule has 3 fully saturated rings. The molecule has 212 valence electrons. The second kappa shape index (κ2) is 12.4. The van der Waals surface area contributed by atoms with Crippen molar-refractivity contribution in [3.05, 3.63) is 47.0 Å². The van der Waals surface area contributed by atoms with Gasteiger partial charge in [-0.05, 0) is 73.3 Å². The van der Waals surface area contributed by atoms with Gasteiger partial charge in [-0.2, -0.15) is 0 Å². The van der Waals surface area contributed by atoms with E-state index < -0.39 is 0 Å². The maximum Gasteiger partial charge on any atom is 0.226 e. The number of carbonyl (C=O) groups is 1. The third-order valence-corrected chi connectivity index (χ3v) is 9.75. The predicted octanol–water partition coefficient (Wildman–Crippen LogP) is 6.56. The number of hydrogen-bond donors (Lipinski definition) is 0. The zero-order chi connectivity index (χ0) is 27.4. The Morgan fingerprint density at radius 1 is 1.15 bits per heavy atom. The summed E-state index contributed by atoms with van der Waals surface area (Å²) in [4.78, 5) is 25.4. The van der Waals surface area contributed by atoms with Crippen LogP contribution in [0.1, 0.15) is 70.3 Å². The number of ether oxygens (including phenoxy) is 1. The Balaban J connectivity index is 1.03. The minimum Gasteiger partial charge on any atom is -0.493 e. The lowest BCUT2D eigenvalue weighted by molar-refractivity contribution is -0.129. The molecule has 1 aliphatic heterocycles. The molecule has 6 nitrogen and oxygen atoms in total. The summed E-state index contributed by atoms with van der Waals surface area (Å²) in [5, 5.41) is 0.561. The molecule has 0 radical (unpaired) electrons. The smallest absolute Gasteiger partial charge is 0.226 e. The first kappa shape index (κ1) is 28.1. The van der Waals surface area contributed by atoms with Gasteiger partial charge in [0.1, 0.15) is 11.6 Å². The predicted molar refractivity (Wildman–Crippen MR) is 153 cm³/mol. The molecule has 2 aliphatic carbocycles. The third kappa shape index (κ3) is 7.03. The Bertz CT molecular complexity index is 1120. The van der Waals surface area contributed by atoms with Crippen molar-refractivity contribution >= 4 is 23.5 Å². The maximum atomic E-state index is 14.8. The zero-order valence-electron chi connectivity index (χ0n) is 23.4. The Morgan fingerprint density at radius 2 is 1.87 bits per heavy atom. The summed E-state index contributed by atoms with van der Waals surface area (Å²) < 4.78 is 20.7. The number of benzene rings is 1. The molecule has 5 rings (SSSR count). The number of hydrogen-bond acceptors (Lipinski definition) is 5. The van der Waals surface area contributed by atoms with Gasteiger partial charge in [-0.25, -0.2) is 14.4 Å². The van der Waals surface area contributed by atoms with E-state index in [0.29, 0.717) is 46.1 Å². The minimum atomic E-state index is -0.361. The first-order valence-corrected chi connectivity index (χ1v) is 15.1. The number of anilines is 1. The molecule has 2 heterocycles. The second-order valence-corrected chi connectivity index (χ2v) is 12.7. The van der Waals surface area contributed by atoms with Crippen molar-refractivity contribution in [3.8, 4) is 5.75 Å². The minimum absolute atomic E-state index is 0.0207. The molecule has 1 amide bonds. The Morgan fingerprint density at radius 3 is 2.56 bits per heavy atom. The van der Waals surface area contributed by atoms with Crippen molar-refractivity contribution in [1.29, 1.82) is 0 Å². The van der Waals surface area contributed by atoms with E-state index in [-0.39, 0.29) is 18.1 Å². The van der Waals surface area contributed by atoms with E-state index in [4.69, 9.17) is 16.3 Å². The first-order valence-electron chi connectivity index (χ1n) is 14.7. The van der Waals surface area contributed by atoms with Crippen LogP contribution in [0.25, 0.3) is 0 Å². The molecule has 0 unspecified atom stereocenters. The Hall–Kier alpha value is -2.41. The van der Waals surface area contributed by atoms with Gasteiger partial charge >= 0.3 is 0 Å². The molecule has 0 bridgehead atoms. The van der Waals surface area contributed by atoms with Gasteiger partial charge in [0.05, 0.1) is 30.4 Å². The normalized spacial score (nSPS) is 24.0. The number of amides is 1. The number of halogens is 2. The van der Waals surface area contributed by atoms with Crippen LogP contribution >= 0.6 is 11.6 Å². The van der Waals surface area contributed by atoms with Gasteiger partial charge in [-0.3, -0.25) is 4.79 Å². The van der Waals surface area contributed by atoms with Crippen LogP contribution in [-0.4, -0.2) is 54.1 Å². The topological polar surface area (TPSA) is 58.6 Å². The van der Waals surface area contributed by atoms with E-state index in [1.54, 1.807) is 29.4 Å². The number of rotatable bonds is 10. The first-order chi connectivity index (χ1) is 18.8. The van der Waals surface area contributed by atoms with Crippen LogP contribution in [-0.2, 0) is 11.2 Å². The monoisotopic (exact) mass is 556 g/mol. The number of carbonyl (C=O) groups excluding carboxylic acids is 1. The van der Waals surface area contributed by atoms with Gasteiger partial charge in [0.2, 0.25) is 11.9 Å². The standard InChI is InChI=1S/C31H42ClFN4O2/c1-31(24-10-13-37(14-11-24)30-34-19-26(32)20-35-30)18-25(31)12-15-39-27-9-8-23(28(33)17-27)16-29(38)36(2)21-22-6-4-3-5-7-22/h8-9,17,19-20,22,24-25H,3-7,10-16,18,21H2,1-2H3/t25-,31-/m1/s1. The number of nitrogens with zero attached hydrogens (tertiary/aromatic N) is 4. The SMILES string of the molecule is CN(CC1CCCCC1)C(=O)Cc1ccc(OCC[C@@H]2C[C@]2(C)C2CCN(c3ncc(Cl)cn3)CC2)cc1F. The lowest BCUT2D eigenvalue weighted by atomic mass is 9.81. The Labute approximate surface area is 237 Å². The van der Waals surface area contributed by atoms with Crippen LogP contribution < -0.4 is 9.64 Å². The summed E-state index contributed by atoms with van der Waals surface area (Å²) in [7, 11) is 1.84. The molecule has 2 aromatic rings. The number of likely N-dealkylation sites (N-methyl/N-ethyl adjacent to an activating group) is 1. The quantitative estimate of drug-likeness (QED) is 0.331. The van der Waals surface area contributed by atoms with Crippen molar-refractivity contribution in [2.24, 2.45) is 23.2 Å². The van der Waals surface area contributed by atoms with Gasteiger partial charge < -0.3 is 14.5 Å². The van der Waals surface area contributed by atoms with Gasteiger partial charge in [-0.1, -0.05) is 43.9 Å². The highest BCUT2D eigenvalue weighted by Crippen LogP contribution is 2.61. The summed E-state index contributed by atoms with van der Waals surface area (Å²) in [5.74, 6) is 2.83. The third-order valence-electron chi connectivity index (χ3n) is 9.56. The average molecular weight is 557 g/mol. The van der Waals surface area contributed by atoms with Gasteiger partial charge in [-0.15, -0.1) is 0 Å². The summed E-state index contributed by atoms with van der Waals surface area (Å²) in [6.07, 6.45) is 14.1. The van der Waals surface area contributed by atoms with Crippen LogP contribution in [0, 0.1) is 29.0 Å². The fourth-order valence-corrected chi connectivity index (χ4v) is 6.95. The molecule has 3 aliphatic rings. The molecule has 1 aromatic carbocycles. The van der Waals surface area contributed by atoms with Crippen LogP contribution in [0.2, 0.25) is 5.02 Å². The van der Waals surface area contributed by atoms with Crippen molar-refractivity contribution in [3.63, 3.8) is 0 Å². The summed E-state index contributed by atoms with van der Waals surface area (Å²) in [6, 6.07) is 4.94. The van der Waals surface area contributed by atoms with Crippen molar-refractivity contribution in [1.82, 2.24) is 14.9 Å². The maximum absolute atomic E-state index is 14.8. The van der Waals surface area contributed by atoms with Gasteiger partial charge in [0, 0.05) is 32.7 Å². The van der Waals surface area contributed by atoms with E-state index in [1.165, 1.54) is 44.6 Å². The number of piperidine rings is 1. The Kier molecular flexibility index (Phi) is 8.95. The fourth-order valence-electron chi connectivity index (χ4n) is 6.85. The highest BCUT2D eigenvalue weighted by atomic mass is 35.5. The molecule has 2 saturated carbocycles. The molecule has 0 spiro atoms. The highest BCUT2D eigenvalue weighted by Gasteiger charge is 2.54. The average Bonchev–Trinajstić information content (AvgIpc) is 3.61. The molecule has 1 saturated heterocycles. The summed E-state index contributed by atoms with van der Waals surface area (Å²) in [6.45, 7) is 5.70. The highest BCUT2D eigenvalue weighted by molar-refractivity contribution is 6.30. The molecule has 2 atom stereocenters. The van der Waals surface area contributed by atoms with Crippen molar-refractivity contribution in [2.45, 2.75) is 71.1 Å². The lowest BCUT2D eigenvalue weighted by Gasteiger charge is -2.35. The lowest BCUT2D eigenvalue weighted by Crippen LogP contribution is -2.37. The van der Waals surface area contributed by atoms with E-state index in [1.807, 2.05) is 7.05 Å². The van der Waals surface area contributed by atoms with Crippen molar-refractivity contribution in [2.75, 3.05) is 38.2 Å². The fraction of sp³-hybridized carbons (Fsp3) is 0.645. The van der Waals surface area contributed by atoms with Gasteiger partial charge in [0.15, 0.2) is 0 Å². The molecule has 0 N–H and O–H groups in total. The molecular weight excluding hydrogens is 515 g/mol. The van der Waals surface area contributed by atoms with Crippen molar-refractivity contribution < 1.29 is 13.9 Å². The number of aromatic nitrogens is 2. The molecular formula is C31H42ClFN4O2. The van der Waals surface area contributed by atoms with E-state index in [9.17, 15) is 9.18 Å². The van der Waals surface area contributed by atoms with Gasteiger partial charge in [0.25, 0.3) is 0 Å². The van der Waals surface area contributed by atoms with Crippen LogP contribution in [0.4, 0.5) is 10.3 Å². The molecule has 1 aromatic heterocycles. The second-order valence-electron chi connectivity index (χ2n) is 12.2. The molecule has 8 heteroatoms. The zero-order valence-corrected chi connectivity index (χ0v) is 24.1. The van der Waals surface area contributed by atoms with E-state index >= 15 is 0 Å². The van der Waals surface area contributed by atoms with Crippen LogP contribution in [0.3, 0.4) is 0 Å². The van der Waals surface area contributed by atoms with E-state index in [0.717, 1.165) is 44.8 Å².